The zero-order chi connectivity index (χ0) is 17.6. The van der Waals surface area contributed by atoms with Crippen molar-refractivity contribution in [2.24, 2.45) is 0 Å². The molecule has 130 valence electrons. The normalized spacial score (nSPS) is 11.3. The second kappa shape index (κ2) is 7.95. The largest absolute Gasteiger partial charge is 0.466 e. The first-order chi connectivity index (χ1) is 10.7. The molecule has 0 amide bonds. The lowest BCUT2D eigenvalue weighted by Gasteiger charge is -2.14. The lowest BCUT2D eigenvalue weighted by atomic mass is 10.2. The first kappa shape index (κ1) is 18.9. The highest BCUT2D eigenvalue weighted by Crippen LogP contribution is 2.11. The van der Waals surface area contributed by atoms with Gasteiger partial charge in [-0.2, -0.15) is 0 Å². The summed E-state index contributed by atoms with van der Waals surface area (Å²) >= 11 is 0. The maximum Gasteiger partial charge on any atom is 0.362 e. The van der Waals surface area contributed by atoms with Gasteiger partial charge in [0, 0.05) is 19.6 Å². The molecule has 0 aliphatic rings. The minimum absolute atomic E-state index is 0.0189. The van der Waals surface area contributed by atoms with Gasteiger partial charge in [-0.25, -0.2) is 13.2 Å². The summed E-state index contributed by atoms with van der Waals surface area (Å²) in [4.78, 5) is 41.6. The van der Waals surface area contributed by atoms with Gasteiger partial charge in [0.1, 0.15) is 6.61 Å². The molecule has 0 unspecified atom stereocenters. The quantitative estimate of drug-likeness (QED) is 0.373. The number of hydrogen-bond donors (Lipinski definition) is 1. The van der Waals surface area contributed by atoms with Crippen LogP contribution in [0.15, 0.2) is 14.6 Å². The van der Waals surface area contributed by atoms with E-state index in [-0.39, 0.29) is 31.6 Å². The molecule has 0 bridgehead atoms. The zero-order valence-corrected chi connectivity index (χ0v) is 14.1. The van der Waals surface area contributed by atoms with Gasteiger partial charge in [-0.1, -0.05) is 13.3 Å². The summed E-state index contributed by atoms with van der Waals surface area (Å²) in [5, 5.41) is -0.444. The molecule has 10 heteroatoms. The number of esters is 1. The molecule has 9 nitrogen and oxygen atoms in total. The van der Waals surface area contributed by atoms with E-state index in [1.54, 1.807) is 6.92 Å². The summed E-state index contributed by atoms with van der Waals surface area (Å²) in [6.07, 6.45) is 1.88. The lowest BCUT2D eigenvalue weighted by molar-refractivity contribution is -0.141. The molecule has 1 rings (SSSR count). The van der Waals surface area contributed by atoms with Gasteiger partial charge in [0.05, 0.1) is 12.2 Å². The fraction of sp³-hybridized carbons (Fsp3) is 0.615. The van der Waals surface area contributed by atoms with Gasteiger partial charge in [-0.3, -0.25) is 14.6 Å². The van der Waals surface area contributed by atoms with Gasteiger partial charge in [0.2, 0.25) is 0 Å². The van der Waals surface area contributed by atoms with Crippen molar-refractivity contribution in [1.29, 1.82) is 0 Å². The Labute approximate surface area is 133 Å². The Hall–Kier alpha value is -2.10. The van der Waals surface area contributed by atoms with E-state index in [9.17, 15) is 22.8 Å². The van der Waals surface area contributed by atoms with Crippen molar-refractivity contribution < 1.29 is 22.8 Å². The van der Waals surface area contributed by atoms with Crippen LogP contribution in [0.3, 0.4) is 0 Å². The smallest absolute Gasteiger partial charge is 0.362 e. The number of hydrogen-bond acceptors (Lipinski definition) is 7. The van der Waals surface area contributed by atoms with Gasteiger partial charge < -0.3 is 9.57 Å². The van der Waals surface area contributed by atoms with Crippen molar-refractivity contribution in [2.45, 2.75) is 38.1 Å². The molecule has 1 aromatic heterocycles. The molecule has 0 aliphatic heterocycles. The Balaban J connectivity index is 3.15. The third-order valence-corrected chi connectivity index (χ3v) is 3.90. The minimum atomic E-state index is -3.85. The number of nitrogens with one attached hydrogen (secondary N) is 1. The van der Waals surface area contributed by atoms with E-state index in [0.29, 0.717) is 11.2 Å². The minimum Gasteiger partial charge on any atom is -0.466 e. The molecule has 0 atom stereocenters. The molecule has 0 fully saturated rings. The molecule has 1 aromatic rings. The number of aromatic nitrogens is 2. The Bertz CT molecular complexity index is 776. The van der Waals surface area contributed by atoms with Crippen LogP contribution < -0.4 is 16.1 Å². The molecule has 0 radical (unpaired) electrons. The predicted octanol–water partition coefficient (Wildman–Crippen LogP) is -0.726. The number of sulfone groups is 1. The Morgan fingerprint density at radius 3 is 2.43 bits per heavy atom. The van der Waals surface area contributed by atoms with Gasteiger partial charge in [0.15, 0.2) is 14.9 Å². The van der Waals surface area contributed by atoms with E-state index in [4.69, 9.17) is 9.57 Å². The highest BCUT2D eigenvalue weighted by atomic mass is 32.2. The summed E-state index contributed by atoms with van der Waals surface area (Å²) in [7, 11) is -3.85. The SMILES string of the molecule is CCCc1c(S(C)(=O)=O)n(OCCCOC(C)=O)c(=O)[nH]c1=O. The van der Waals surface area contributed by atoms with Gasteiger partial charge in [-0.05, 0) is 6.42 Å². The predicted molar refractivity (Wildman–Crippen MR) is 81.1 cm³/mol. The topological polar surface area (TPSA) is 125 Å². The molecule has 0 saturated carbocycles. The summed E-state index contributed by atoms with van der Waals surface area (Å²) in [6.45, 7) is 3.05. The van der Waals surface area contributed by atoms with Crippen LogP contribution in [-0.2, 0) is 25.8 Å². The average molecular weight is 348 g/mol. The Kier molecular flexibility index (Phi) is 6.55. The number of rotatable bonds is 8. The lowest BCUT2D eigenvalue weighted by Crippen LogP contribution is -2.40. The molecule has 23 heavy (non-hydrogen) atoms. The summed E-state index contributed by atoms with van der Waals surface area (Å²) in [6, 6.07) is 0. The fourth-order valence-electron chi connectivity index (χ4n) is 1.93. The number of carbonyl (C=O) groups excluding carboxylic acids is 1. The first-order valence-electron chi connectivity index (χ1n) is 7.03. The van der Waals surface area contributed by atoms with Crippen LogP contribution in [0.2, 0.25) is 0 Å². The summed E-state index contributed by atoms with van der Waals surface area (Å²) in [5.74, 6) is -0.451. The van der Waals surface area contributed by atoms with E-state index in [0.717, 1.165) is 6.26 Å². The molecule has 0 saturated heterocycles. The highest BCUT2D eigenvalue weighted by molar-refractivity contribution is 7.90. The summed E-state index contributed by atoms with van der Waals surface area (Å²) < 4.78 is 29.2. The fourth-order valence-corrected chi connectivity index (χ4v) is 3.01. The molecule has 1 heterocycles. The maximum absolute atomic E-state index is 12.0. The van der Waals surface area contributed by atoms with Crippen molar-refractivity contribution in [2.75, 3.05) is 19.5 Å². The van der Waals surface area contributed by atoms with Crippen LogP contribution in [0, 0.1) is 0 Å². The van der Waals surface area contributed by atoms with Crippen LogP contribution in [0.4, 0.5) is 0 Å². The van der Waals surface area contributed by atoms with Gasteiger partial charge in [0.25, 0.3) is 5.56 Å². The first-order valence-corrected chi connectivity index (χ1v) is 8.92. The van der Waals surface area contributed by atoms with Crippen molar-refractivity contribution >= 4 is 15.8 Å². The third kappa shape index (κ3) is 5.23. The number of aromatic amines is 1. The zero-order valence-electron chi connectivity index (χ0n) is 13.2. The number of carbonyl (C=O) groups is 1. The highest BCUT2D eigenvalue weighted by Gasteiger charge is 2.24. The number of H-pyrrole nitrogens is 1. The van der Waals surface area contributed by atoms with Crippen LogP contribution in [0.5, 0.6) is 0 Å². The van der Waals surface area contributed by atoms with Crippen LogP contribution in [0.25, 0.3) is 0 Å². The molecular formula is C13H20N2O7S. The Morgan fingerprint density at radius 1 is 1.26 bits per heavy atom. The second-order valence-corrected chi connectivity index (χ2v) is 6.82. The van der Waals surface area contributed by atoms with E-state index >= 15 is 0 Å². The van der Waals surface area contributed by atoms with Crippen LogP contribution in [0.1, 0.15) is 32.3 Å². The van der Waals surface area contributed by atoms with E-state index in [1.807, 2.05) is 4.98 Å². The molecule has 0 aromatic carbocycles. The second-order valence-electron chi connectivity index (χ2n) is 4.89. The average Bonchev–Trinajstić information content (AvgIpc) is 2.41. The van der Waals surface area contributed by atoms with Gasteiger partial charge in [-0.15, -0.1) is 4.73 Å². The van der Waals surface area contributed by atoms with Crippen molar-refractivity contribution in [3.05, 3.63) is 26.4 Å². The molecule has 0 spiro atoms. The number of ether oxygens (including phenoxy) is 1. The van der Waals surface area contributed by atoms with E-state index < -0.39 is 32.1 Å². The molecule has 0 aliphatic carbocycles. The van der Waals surface area contributed by atoms with E-state index in [2.05, 4.69) is 0 Å². The Morgan fingerprint density at radius 2 is 1.91 bits per heavy atom. The van der Waals surface area contributed by atoms with Crippen molar-refractivity contribution in [3.63, 3.8) is 0 Å². The monoisotopic (exact) mass is 348 g/mol. The third-order valence-electron chi connectivity index (χ3n) is 2.79. The summed E-state index contributed by atoms with van der Waals surface area (Å²) in [5.41, 5.74) is -1.73. The molecule has 1 N–H and O–H groups in total. The van der Waals surface area contributed by atoms with Gasteiger partial charge >= 0.3 is 11.7 Å². The standard InChI is InChI=1S/C13H20N2O7S/c1-4-6-10-11(17)14-13(18)15(12(10)23(3,19)20)22-8-5-7-21-9(2)16/h4-8H2,1-3H3,(H,14,17,18). The van der Waals surface area contributed by atoms with Crippen molar-refractivity contribution in [3.8, 4) is 0 Å². The van der Waals surface area contributed by atoms with E-state index in [1.165, 1.54) is 6.92 Å². The van der Waals surface area contributed by atoms with Crippen LogP contribution in [-0.4, -0.2) is 43.6 Å². The van der Waals surface area contributed by atoms with Crippen LogP contribution >= 0.6 is 0 Å². The maximum atomic E-state index is 12.0. The molecular weight excluding hydrogens is 328 g/mol. The number of nitrogens with zero attached hydrogens (tertiary/aromatic N) is 1. The van der Waals surface area contributed by atoms with Crippen molar-refractivity contribution in [1.82, 2.24) is 9.71 Å².